The number of pyridine rings is 1. The maximum absolute atomic E-state index is 14.5. The van der Waals surface area contributed by atoms with Gasteiger partial charge in [-0.2, -0.15) is 5.10 Å². The molecule has 134 valence electrons. The predicted octanol–water partition coefficient (Wildman–Crippen LogP) is 4.52. The number of hydrogen-bond donors (Lipinski definition) is 0. The lowest BCUT2D eigenvalue weighted by Crippen LogP contribution is -2.27. The number of hydrogen-bond acceptors (Lipinski definition) is 3. The minimum Gasteiger partial charge on any atom is -0.267 e. The van der Waals surface area contributed by atoms with Crippen LogP contribution in [0.4, 0.5) is 4.39 Å². The zero-order chi connectivity index (χ0) is 18.8. The molecule has 27 heavy (non-hydrogen) atoms. The fraction of sp³-hybridized carbons (Fsp3) is 0.136. The Bertz CT molecular complexity index is 1000. The molecule has 2 aromatic carbocycles. The van der Waals surface area contributed by atoms with Crippen LogP contribution in [0.3, 0.4) is 0 Å². The van der Waals surface area contributed by atoms with E-state index in [1.54, 1.807) is 42.7 Å². The average molecular weight is 359 g/mol. The van der Waals surface area contributed by atoms with E-state index in [9.17, 15) is 9.18 Å². The quantitative estimate of drug-likeness (QED) is 0.690. The number of amides is 1. The molecule has 0 radical (unpaired) electrons. The van der Waals surface area contributed by atoms with Crippen molar-refractivity contribution in [1.29, 1.82) is 0 Å². The second kappa shape index (κ2) is 7.11. The van der Waals surface area contributed by atoms with Crippen molar-refractivity contribution in [2.75, 3.05) is 0 Å². The summed E-state index contributed by atoms with van der Waals surface area (Å²) in [6.45, 7) is 2.02. The Morgan fingerprint density at radius 1 is 1.04 bits per heavy atom. The average Bonchev–Trinajstić information content (AvgIpc) is 3.14. The number of carbonyl (C=O) groups is 1. The van der Waals surface area contributed by atoms with Gasteiger partial charge in [0, 0.05) is 29.9 Å². The maximum atomic E-state index is 14.5. The molecule has 0 spiro atoms. The SMILES string of the molecule is Cc1ccc(C2=NN(C(=O)c3ccncc3)C(c3ccccc3F)C2)cc1. The van der Waals surface area contributed by atoms with Gasteiger partial charge in [-0.05, 0) is 30.7 Å². The number of halogens is 1. The Labute approximate surface area is 157 Å². The second-order valence-corrected chi connectivity index (χ2v) is 6.54. The molecular formula is C22H18FN3O. The third-order valence-electron chi connectivity index (χ3n) is 4.69. The monoisotopic (exact) mass is 359 g/mol. The standard InChI is InChI=1S/C22H18FN3O/c1-15-6-8-16(9-7-15)20-14-21(18-4-2-3-5-19(18)23)26(25-20)22(27)17-10-12-24-13-11-17/h2-13,21H,14H2,1H3. The predicted molar refractivity (Wildman–Crippen MR) is 102 cm³/mol. The van der Waals surface area contributed by atoms with Crippen LogP contribution in [0.15, 0.2) is 78.2 Å². The van der Waals surface area contributed by atoms with Crippen LogP contribution in [0.1, 0.15) is 39.5 Å². The molecule has 5 heteroatoms. The third-order valence-corrected chi connectivity index (χ3v) is 4.69. The van der Waals surface area contributed by atoms with Gasteiger partial charge in [0.25, 0.3) is 5.91 Å². The molecule has 1 atom stereocenters. The molecular weight excluding hydrogens is 341 g/mol. The minimum atomic E-state index is -0.483. The number of nitrogens with zero attached hydrogens (tertiary/aromatic N) is 3. The van der Waals surface area contributed by atoms with Gasteiger partial charge in [0.15, 0.2) is 0 Å². The molecule has 0 aliphatic carbocycles. The first kappa shape index (κ1) is 17.1. The molecule has 3 aromatic rings. The molecule has 0 bridgehead atoms. The van der Waals surface area contributed by atoms with Crippen molar-refractivity contribution in [2.45, 2.75) is 19.4 Å². The summed E-state index contributed by atoms with van der Waals surface area (Å²) in [5, 5.41) is 5.97. The molecule has 1 aliphatic rings. The van der Waals surface area contributed by atoms with Gasteiger partial charge in [0.1, 0.15) is 5.82 Å². The van der Waals surface area contributed by atoms with Gasteiger partial charge in [0.2, 0.25) is 0 Å². The summed E-state index contributed by atoms with van der Waals surface area (Å²) in [4.78, 5) is 17.0. The van der Waals surface area contributed by atoms with Crippen molar-refractivity contribution in [1.82, 2.24) is 9.99 Å². The number of hydrazone groups is 1. The summed E-state index contributed by atoms with van der Waals surface area (Å²) in [5.41, 5.74) is 3.79. The van der Waals surface area contributed by atoms with Crippen molar-refractivity contribution < 1.29 is 9.18 Å². The van der Waals surface area contributed by atoms with Crippen LogP contribution in [-0.2, 0) is 0 Å². The summed E-state index contributed by atoms with van der Waals surface area (Å²) < 4.78 is 14.5. The Balaban J connectivity index is 1.75. The molecule has 1 aliphatic heterocycles. The summed E-state index contributed by atoms with van der Waals surface area (Å²) in [6, 6.07) is 17.3. The van der Waals surface area contributed by atoms with Gasteiger partial charge in [-0.15, -0.1) is 0 Å². The van der Waals surface area contributed by atoms with E-state index in [0.29, 0.717) is 17.5 Å². The van der Waals surface area contributed by atoms with Crippen molar-refractivity contribution >= 4 is 11.6 Å². The number of benzene rings is 2. The molecule has 4 nitrogen and oxygen atoms in total. The summed E-state index contributed by atoms with van der Waals surface area (Å²) in [5.74, 6) is -0.608. The number of rotatable bonds is 3. The molecule has 0 saturated carbocycles. The molecule has 2 heterocycles. The molecule has 4 rings (SSSR count). The summed E-state index contributed by atoms with van der Waals surface area (Å²) in [6.07, 6.45) is 3.58. The second-order valence-electron chi connectivity index (χ2n) is 6.54. The van der Waals surface area contributed by atoms with Crippen LogP contribution in [0.25, 0.3) is 0 Å². The number of aryl methyl sites for hydroxylation is 1. The smallest absolute Gasteiger partial charge is 0.267 e. The van der Waals surface area contributed by atoms with Gasteiger partial charge < -0.3 is 0 Å². The fourth-order valence-corrected chi connectivity index (χ4v) is 3.23. The molecule has 0 fully saturated rings. The van der Waals surface area contributed by atoms with E-state index in [1.165, 1.54) is 11.1 Å². The van der Waals surface area contributed by atoms with Gasteiger partial charge in [-0.3, -0.25) is 9.78 Å². The van der Waals surface area contributed by atoms with E-state index >= 15 is 0 Å². The van der Waals surface area contributed by atoms with Crippen LogP contribution in [0, 0.1) is 12.7 Å². The first-order valence-electron chi connectivity index (χ1n) is 8.76. The van der Waals surface area contributed by atoms with E-state index in [1.807, 2.05) is 31.2 Å². The van der Waals surface area contributed by atoms with Gasteiger partial charge in [-0.1, -0.05) is 48.0 Å². The Kier molecular flexibility index (Phi) is 4.50. The highest BCUT2D eigenvalue weighted by atomic mass is 19.1. The van der Waals surface area contributed by atoms with Crippen molar-refractivity contribution in [2.24, 2.45) is 5.10 Å². The first-order valence-corrected chi connectivity index (χ1v) is 8.76. The zero-order valence-corrected chi connectivity index (χ0v) is 14.8. The Morgan fingerprint density at radius 3 is 2.44 bits per heavy atom. The number of aromatic nitrogens is 1. The van der Waals surface area contributed by atoms with Gasteiger partial charge in [0.05, 0.1) is 11.8 Å². The fourth-order valence-electron chi connectivity index (χ4n) is 3.23. The largest absolute Gasteiger partial charge is 0.274 e. The minimum absolute atomic E-state index is 0.271. The van der Waals surface area contributed by atoms with E-state index in [2.05, 4.69) is 10.1 Å². The highest BCUT2D eigenvalue weighted by molar-refractivity contribution is 6.05. The normalized spacial score (nSPS) is 16.3. The lowest BCUT2D eigenvalue weighted by atomic mass is 9.97. The molecule has 0 saturated heterocycles. The highest BCUT2D eigenvalue weighted by Crippen LogP contribution is 2.35. The van der Waals surface area contributed by atoms with Crippen LogP contribution < -0.4 is 0 Å². The lowest BCUT2D eigenvalue weighted by molar-refractivity contribution is 0.0708. The zero-order valence-electron chi connectivity index (χ0n) is 14.8. The van der Waals surface area contributed by atoms with Crippen LogP contribution >= 0.6 is 0 Å². The summed E-state index contributed by atoms with van der Waals surface area (Å²) in [7, 11) is 0. The maximum Gasteiger partial charge on any atom is 0.274 e. The molecule has 1 amide bonds. The van der Waals surface area contributed by atoms with E-state index in [-0.39, 0.29) is 11.7 Å². The Hall–Kier alpha value is -3.34. The number of carbonyl (C=O) groups excluding carboxylic acids is 1. The molecule has 0 N–H and O–H groups in total. The summed E-state index contributed by atoms with van der Waals surface area (Å²) >= 11 is 0. The third kappa shape index (κ3) is 3.36. The van der Waals surface area contributed by atoms with Crippen LogP contribution in [-0.4, -0.2) is 21.6 Å². The molecule has 1 unspecified atom stereocenters. The van der Waals surface area contributed by atoms with E-state index < -0.39 is 6.04 Å². The van der Waals surface area contributed by atoms with Crippen LogP contribution in [0.2, 0.25) is 0 Å². The first-order chi connectivity index (χ1) is 13.1. The lowest BCUT2D eigenvalue weighted by Gasteiger charge is -2.22. The highest BCUT2D eigenvalue weighted by Gasteiger charge is 2.35. The topological polar surface area (TPSA) is 45.6 Å². The Morgan fingerprint density at radius 2 is 1.74 bits per heavy atom. The van der Waals surface area contributed by atoms with Crippen molar-refractivity contribution in [3.05, 3.63) is 101 Å². The van der Waals surface area contributed by atoms with Gasteiger partial charge in [-0.25, -0.2) is 9.40 Å². The van der Waals surface area contributed by atoms with E-state index in [4.69, 9.17) is 0 Å². The van der Waals surface area contributed by atoms with E-state index in [0.717, 1.165) is 16.8 Å². The van der Waals surface area contributed by atoms with Crippen molar-refractivity contribution in [3.8, 4) is 0 Å². The van der Waals surface area contributed by atoms with Gasteiger partial charge >= 0.3 is 0 Å². The molecule has 1 aromatic heterocycles. The van der Waals surface area contributed by atoms with Crippen molar-refractivity contribution in [3.63, 3.8) is 0 Å². The van der Waals surface area contributed by atoms with Crippen LogP contribution in [0.5, 0.6) is 0 Å².